The van der Waals surface area contributed by atoms with Gasteiger partial charge in [0.2, 0.25) is 0 Å². The lowest BCUT2D eigenvalue weighted by atomic mass is 9.61. The summed E-state index contributed by atoms with van der Waals surface area (Å²) in [5.41, 5.74) is 2.35. The second-order valence-electron chi connectivity index (χ2n) is 12.4. The molecule has 3 N–H and O–H groups in total. The highest BCUT2D eigenvalue weighted by molar-refractivity contribution is 6.00. The molecular weight excluding hydrogens is 478 g/mol. The van der Waals surface area contributed by atoms with Gasteiger partial charge in [0.25, 0.3) is 0 Å². The number of aliphatic hydroxyl groups is 2. The Morgan fingerprint density at radius 1 is 1.21 bits per heavy atom. The first-order valence-corrected chi connectivity index (χ1v) is 14.7. The number of unbranched alkanes of at least 4 members (excludes halogenated alkanes) is 1. The predicted molar refractivity (Wildman–Crippen MR) is 149 cm³/mol. The fraction of sp³-hybridized carbons (Fsp3) is 0.688. The number of fused-ring (bicyclic) bond motifs is 1. The summed E-state index contributed by atoms with van der Waals surface area (Å²) in [4.78, 5) is 25.1. The second-order valence-corrected chi connectivity index (χ2v) is 12.4. The average Bonchev–Trinajstić information content (AvgIpc) is 3.56. The van der Waals surface area contributed by atoms with E-state index in [2.05, 4.69) is 44.8 Å². The minimum Gasteiger partial charge on any atom is -0.435 e. The normalized spacial score (nSPS) is 35.3. The van der Waals surface area contributed by atoms with Crippen molar-refractivity contribution in [3.05, 3.63) is 47.6 Å². The van der Waals surface area contributed by atoms with Crippen LogP contribution in [0.5, 0.6) is 0 Å². The molecule has 6 nitrogen and oxygen atoms in total. The summed E-state index contributed by atoms with van der Waals surface area (Å²) >= 11 is 0. The van der Waals surface area contributed by atoms with E-state index in [1.165, 1.54) is 12.0 Å². The number of amides is 1. The third-order valence-corrected chi connectivity index (χ3v) is 9.73. The van der Waals surface area contributed by atoms with Gasteiger partial charge in [-0.3, -0.25) is 4.79 Å². The number of ether oxygens (including phenoxy) is 1. The first-order valence-electron chi connectivity index (χ1n) is 14.7. The zero-order chi connectivity index (χ0) is 27.5. The lowest BCUT2D eigenvalue weighted by Gasteiger charge is -2.44. The predicted octanol–water partition coefficient (Wildman–Crippen LogP) is 5.95. The standard InChI is InChI=1S/C32H47NO5/c1-5-6-18-33-30(37)38-32(16-17-32)29(36)14-9-21(2)26-12-13-27-23(8-7-15-31(26,27)4)10-11-24-19-25(34)20-28(35)22(24)3/h9-11,14,21,25-28,34-35H,3,5-8,12-13,15-20H2,1-2,4H3,(H,33,37)/t21-,25-,26-,27+,28+,31-/m1/s1. The van der Waals surface area contributed by atoms with E-state index in [9.17, 15) is 19.8 Å². The van der Waals surface area contributed by atoms with Crippen LogP contribution < -0.4 is 5.32 Å². The van der Waals surface area contributed by atoms with Gasteiger partial charge < -0.3 is 20.3 Å². The molecule has 0 radical (unpaired) electrons. The SMILES string of the molecule is C=C1C(=CC=C2CCC[C@]3(C)[C@@H]([C@H](C)C=CC(=O)C4(OC(=O)NCCCC)CC4)CC[C@@H]23)C[C@@H](O)C[C@@H]1O. The average molecular weight is 526 g/mol. The van der Waals surface area contributed by atoms with Crippen molar-refractivity contribution < 1.29 is 24.5 Å². The van der Waals surface area contributed by atoms with Crippen LogP contribution in [0.15, 0.2) is 47.6 Å². The van der Waals surface area contributed by atoms with Crippen LogP contribution in [0.3, 0.4) is 0 Å². The highest BCUT2D eigenvalue weighted by Gasteiger charge is 2.53. The van der Waals surface area contributed by atoms with Crippen LogP contribution in [-0.2, 0) is 9.53 Å². The Kier molecular flexibility index (Phi) is 9.03. The summed E-state index contributed by atoms with van der Waals surface area (Å²) in [7, 11) is 0. The number of hydrogen-bond donors (Lipinski definition) is 3. The van der Waals surface area contributed by atoms with Gasteiger partial charge >= 0.3 is 6.09 Å². The largest absolute Gasteiger partial charge is 0.435 e. The maximum Gasteiger partial charge on any atom is 0.408 e. The van der Waals surface area contributed by atoms with Gasteiger partial charge in [0.1, 0.15) is 0 Å². The molecule has 6 heteroatoms. The molecule has 0 aromatic rings. The zero-order valence-corrected chi connectivity index (χ0v) is 23.5. The quantitative estimate of drug-likeness (QED) is 0.255. The van der Waals surface area contributed by atoms with Gasteiger partial charge in [-0.05, 0) is 98.2 Å². The zero-order valence-electron chi connectivity index (χ0n) is 23.5. The van der Waals surface area contributed by atoms with E-state index in [1.807, 2.05) is 6.08 Å². The van der Waals surface area contributed by atoms with E-state index >= 15 is 0 Å². The molecular formula is C32H47NO5. The number of carbonyl (C=O) groups excluding carboxylic acids is 2. The van der Waals surface area contributed by atoms with Gasteiger partial charge in [0.15, 0.2) is 11.4 Å². The summed E-state index contributed by atoms with van der Waals surface area (Å²) in [5.74, 6) is 1.14. The Morgan fingerprint density at radius 2 is 1.97 bits per heavy atom. The molecule has 4 aliphatic carbocycles. The Labute approximate surface area is 228 Å². The topological polar surface area (TPSA) is 95.9 Å². The molecule has 4 rings (SSSR count). The lowest BCUT2D eigenvalue weighted by Crippen LogP contribution is -2.36. The van der Waals surface area contributed by atoms with Crippen LogP contribution in [-0.4, -0.2) is 46.4 Å². The van der Waals surface area contributed by atoms with E-state index in [0.29, 0.717) is 44.1 Å². The molecule has 0 saturated heterocycles. The molecule has 0 aromatic carbocycles. The molecule has 0 bridgehead atoms. The van der Waals surface area contributed by atoms with Gasteiger partial charge in [-0.25, -0.2) is 4.79 Å². The van der Waals surface area contributed by atoms with E-state index in [-0.39, 0.29) is 17.1 Å². The highest BCUT2D eigenvalue weighted by Crippen LogP contribution is 2.59. The van der Waals surface area contributed by atoms with Gasteiger partial charge in [-0.15, -0.1) is 0 Å². The van der Waals surface area contributed by atoms with Crippen molar-refractivity contribution >= 4 is 11.9 Å². The van der Waals surface area contributed by atoms with Crippen LogP contribution in [0.25, 0.3) is 0 Å². The molecule has 4 aliphatic rings. The molecule has 0 heterocycles. The number of aliphatic hydroxyl groups excluding tert-OH is 2. The first-order chi connectivity index (χ1) is 18.1. The van der Waals surface area contributed by atoms with E-state index in [1.54, 1.807) is 6.08 Å². The molecule has 1 amide bonds. The van der Waals surface area contributed by atoms with E-state index in [4.69, 9.17) is 4.74 Å². The Balaban J connectivity index is 1.39. The number of allylic oxidation sites excluding steroid dienone is 4. The van der Waals surface area contributed by atoms with Gasteiger partial charge in [-0.1, -0.05) is 57.6 Å². The number of hydrogen-bond acceptors (Lipinski definition) is 5. The molecule has 4 fully saturated rings. The van der Waals surface area contributed by atoms with Gasteiger partial charge in [0, 0.05) is 13.0 Å². The van der Waals surface area contributed by atoms with Crippen molar-refractivity contribution in [2.24, 2.45) is 23.2 Å². The first kappa shape index (κ1) is 28.8. The van der Waals surface area contributed by atoms with Crippen LogP contribution in [0.4, 0.5) is 4.79 Å². The van der Waals surface area contributed by atoms with Crippen LogP contribution in [0.1, 0.15) is 91.4 Å². The van der Waals surface area contributed by atoms with E-state index in [0.717, 1.165) is 49.7 Å². The van der Waals surface area contributed by atoms with Crippen molar-refractivity contribution in [3.8, 4) is 0 Å². The molecule has 0 aliphatic heterocycles. The maximum absolute atomic E-state index is 13.0. The molecule has 38 heavy (non-hydrogen) atoms. The van der Waals surface area contributed by atoms with Crippen molar-refractivity contribution in [3.63, 3.8) is 0 Å². The maximum atomic E-state index is 13.0. The van der Waals surface area contributed by atoms with E-state index < -0.39 is 23.9 Å². The third-order valence-electron chi connectivity index (χ3n) is 9.73. The number of alkyl carbamates (subject to hydrolysis) is 1. The minimum atomic E-state index is -0.965. The smallest absolute Gasteiger partial charge is 0.408 e. The van der Waals surface area contributed by atoms with Gasteiger partial charge in [-0.2, -0.15) is 0 Å². The van der Waals surface area contributed by atoms with Crippen molar-refractivity contribution in [1.29, 1.82) is 0 Å². The third kappa shape index (κ3) is 6.17. The van der Waals surface area contributed by atoms with Gasteiger partial charge in [0.05, 0.1) is 12.2 Å². The Hall–Kier alpha value is -2.18. The minimum absolute atomic E-state index is 0.0948. The fourth-order valence-electron chi connectivity index (χ4n) is 7.23. The molecule has 0 aromatic heterocycles. The number of ketones is 1. The summed E-state index contributed by atoms with van der Waals surface area (Å²) in [5, 5.41) is 23.0. The summed E-state index contributed by atoms with van der Waals surface area (Å²) in [6.45, 7) is 11.3. The monoisotopic (exact) mass is 525 g/mol. The van der Waals surface area contributed by atoms with Crippen LogP contribution >= 0.6 is 0 Å². The van der Waals surface area contributed by atoms with Crippen molar-refractivity contribution in [2.45, 2.75) is 109 Å². The Morgan fingerprint density at radius 3 is 2.68 bits per heavy atom. The number of nitrogens with one attached hydrogen (secondary N) is 1. The summed E-state index contributed by atoms with van der Waals surface area (Å²) < 4.78 is 5.53. The van der Waals surface area contributed by atoms with Crippen LogP contribution in [0, 0.1) is 23.2 Å². The number of rotatable bonds is 9. The fourth-order valence-corrected chi connectivity index (χ4v) is 7.23. The molecule has 210 valence electrons. The molecule has 0 unspecified atom stereocenters. The number of carbonyl (C=O) groups is 2. The molecule has 6 atom stereocenters. The van der Waals surface area contributed by atoms with Crippen molar-refractivity contribution in [1.82, 2.24) is 5.32 Å². The summed E-state index contributed by atoms with van der Waals surface area (Å²) in [6, 6.07) is 0. The summed E-state index contributed by atoms with van der Waals surface area (Å²) in [6.07, 6.45) is 16.0. The van der Waals surface area contributed by atoms with Crippen LogP contribution in [0.2, 0.25) is 0 Å². The molecule has 0 spiro atoms. The second kappa shape index (κ2) is 11.9. The van der Waals surface area contributed by atoms with Crippen molar-refractivity contribution in [2.75, 3.05) is 6.54 Å². The lowest BCUT2D eigenvalue weighted by molar-refractivity contribution is -0.124. The highest BCUT2D eigenvalue weighted by atomic mass is 16.6. The Bertz CT molecular complexity index is 1010. The molecule has 4 saturated carbocycles.